The lowest BCUT2D eigenvalue weighted by Gasteiger charge is -2.40. The summed E-state index contributed by atoms with van der Waals surface area (Å²) in [4.78, 5) is 23.6. The Balaban J connectivity index is 2.80. The van der Waals surface area contributed by atoms with Crippen LogP contribution >= 0.6 is 0 Å². The summed E-state index contributed by atoms with van der Waals surface area (Å²) < 4.78 is 5.21. The molecule has 0 aromatic heterocycles. The monoisotopic (exact) mass is 256 g/mol. The van der Waals surface area contributed by atoms with Gasteiger partial charge in [-0.2, -0.15) is 0 Å². The van der Waals surface area contributed by atoms with Crippen LogP contribution in [0.4, 0.5) is 4.79 Å². The number of hydrogen-bond donors (Lipinski definition) is 2. The molecule has 1 aliphatic rings. The molecule has 0 heterocycles. The highest BCUT2D eigenvalue weighted by molar-refractivity contribution is 5.89. The van der Waals surface area contributed by atoms with Crippen LogP contribution in [-0.2, 0) is 9.53 Å². The third-order valence-electron chi connectivity index (χ3n) is 3.46. The van der Waals surface area contributed by atoms with E-state index in [0.29, 0.717) is 6.42 Å². The molecule has 0 aromatic rings. The highest BCUT2D eigenvalue weighted by atomic mass is 16.6. The molecule has 1 fully saturated rings. The summed E-state index contributed by atoms with van der Waals surface area (Å²) in [6.45, 7) is 7.30. The van der Waals surface area contributed by atoms with Crippen molar-refractivity contribution in [2.75, 3.05) is 0 Å². The zero-order valence-corrected chi connectivity index (χ0v) is 11.7. The summed E-state index contributed by atoms with van der Waals surface area (Å²) >= 11 is 0. The molecule has 2 atom stereocenters. The van der Waals surface area contributed by atoms with E-state index in [1.54, 1.807) is 20.8 Å². The number of ether oxygens (including phenoxy) is 1. The number of carbonyl (C=O) groups is 2. The third-order valence-corrected chi connectivity index (χ3v) is 3.46. The highest BCUT2D eigenvalue weighted by Crippen LogP contribution is 2.33. The molecule has 0 spiro atoms. The molecule has 18 heavy (non-hydrogen) atoms. The summed E-state index contributed by atoms with van der Waals surface area (Å²) in [7, 11) is 0. The average Bonchev–Trinajstić information content (AvgIpc) is 2.18. The fourth-order valence-electron chi connectivity index (χ4n) is 2.45. The first-order chi connectivity index (χ1) is 8.17. The molecule has 1 aliphatic carbocycles. The van der Waals surface area contributed by atoms with E-state index in [-0.39, 0.29) is 5.92 Å². The predicted octanol–water partition coefficient (Wildman–Crippen LogP) is 1.95. The smallest absolute Gasteiger partial charge is 0.408 e. The number of nitrogens with one attached hydrogen (secondary N) is 1. The standard InChI is InChI=1S/C13H24N2O3/c1-9-7-5-6-8-13(9,10(14)16)15-11(17)18-12(2,3)4/h9H,5-8H2,1-4H3,(H2,14,16)(H,15,17)/t9-,13-/m1/s1. The molecule has 104 valence electrons. The van der Waals surface area contributed by atoms with Gasteiger partial charge in [0.25, 0.3) is 0 Å². The zero-order chi connectivity index (χ0) is 14.0. The lowest BCUT2D eigenvalue weighted by molar-refractivity contribution is -0.127. The summed E-state index contributed by atoms with van der Waals surface area (Å²) in [6.07, 6.45) is 2.85. The van der Waals surface area contributed by atoms with Gasteiger partial charge in [0.2, 0.25) is 5.91 Å². The minimum Gasteiger partial charge on any atom is -0.444 e. The van der Waals surface area contributed by atoms with Crippen LogP contribution in [0.2, 0.25) is 0 Å². The molecule has 0 aromatic carbocycles. The Hall–Kier alpha value is -1.26. The molecule has 5 heteroatoms. The van der Waals surface area contributed by atoms with E-state index in [0.717, 1.165) is 19.3 Å². The van der Waals surface area contributed by atoms with Gasteiger partial charge in [-0.1, -0.05) is 19.8 Å². The maximum absolute atomic E-state index is 11.8. The minimum absolute atomic E-state index is 0.0382. The van der Waals surface area contributed by atoms with Crippen LogP contribution in [0.5, 0.6) is 0 Å². The van der Waals surface area contributed by atoms with Gasteiger partial charge in [0.1, 0.15) is 11.1 Å². The molecule has 1 rings (SSSR count). The van der Waals surface area contributed by atoms with Crippen LogP contribution in [0.15, 0.2) is 0 Å². The first-order valence-corrected chi connectivity index (χ1v) is 6.48. The Kier molecular flexibility index (Phi) is 4.24. The first-order valence-electron chi connectivity index (χ1n) is 6.48. The predicted molar refractivity (Wildman–Crippen MR) is 68.9 cm³/mol. The molecule has 0 aliphatic heterocycles. The first kappa shape index (κ1) is 14.8. The second-order valence-corrected chi connectivity index (χ2v) is 6.11. The molecule has 0 bridgehead atoms. The van der Waals surface area contributed by atoms with Crippen LogP contribution in [0.25, 0.3) is 0 Å². The van der Waals surface area contributed by atoms with Crippen molar-refractivity contribution in [2.45, 2.75) is 64.5 Å². The van der Waals surface area contributed by atoms with E-state index in [2.05, 4.69) is 5.32 Å². The SMILES string of the molecule is C[C@@H]1CCCC[C@]1(NC(=O)OC(C)(C)C)C(N)=O. The van der Waals surface area contributed by atoms with Gasteiger partial charge in [-0.3, -0.25) is 4.79 Å². The van der Waals surface area contributed by atoms with Gasteiger partial charge < -0.3 is 15.8 Å². The number of carbonyl (C=O) groups excluding carboxylic acids is 2. The van der Waals surface area contributed by atoms with Crippen LogP contribution < -0.4 is 11.1 Å². The molecule has 3 N–H and O–H groups in total. The summed E-state index contributed by atoms with van der Waals surface area (Å²) in [5.74, 6) is -0.433. The lowest BCUT2D eigenvalue weighted by Crippen LogP contribution is -2.63. The average molecular weight is 256 g/mol. The van der Waals surface area contributed by atoms with Crippen LogP contribution in [-0.4, -0.2) is 23.1 Å². The number of hydrogen-bond acceptors (Lipinski definition) is 3. The maximum atomic E-state index is 11.8. The van der Waals surface area contributed by atoms with Crippen LogP contribution in [0, 0.1) is 5.92 Å². The van der Waals surface area contributed by atoms with Gasteiger partial charge in [0.15, 0.2) is 0 Å². The fraction of sp³-hybridized carbons (Fsp3) is 0.846. The van der Waals surface area contributed by atoms with Crippen molar-refractivity contribution in [1.29, 1.82) is 0 Å². The number of alkyl carbamates (subject to hydrolysis) is 1. The number of rotatable bonds is 2. The fourth-order valence-corrected chi connectivity index (χ4v) is 2.45. The van der Waals surface area contributed by atoms with Gasteiger partial charge in [-0.15, -0.1) is 0 Å². The molecular weight excluding hydrogens is 232 g/mol. The Morgan fingerprint density at radius 2 is 1.94 bits per heavy atom. The van der Waals surface area contributed by atoms with Crippen LogP contribution in [0.1, 0.15) is 53.4 Å². The molecule has 2 amide bonds. The van der Waals surface area contributed by atoms with Gasteiger partial charge in [-0.25, -0.2) is 4.79 Å². The summed E-state index contributed by atoms with van der Waals surface area (Å²) in [5.41, 5.74) is 3.96. The second-order valence-electron chi connectivity index (χ2n) is 6.11. The Morgan fingerprint density at radius 1 is 1.33 bits per heavy atom. The lowest BCUT2D eigenvalue weighted by atomic mass is 9.73. The quantitative estimate of drug-likeness (QED) is 0.792. The summed E-state index contributed by atoms with van der Waals surface area (Å²) in [6, 6.07) is 0. The molecular formula is C13H24N2O3. The van der Waals surface area contributed by atoms with Crippen LogP contribution in [0.3, 0.4) is 0 Å². The van der Waals surface area contributed by atoms with Crippen molar-refractivity contribution >= 4 is 12.0 Å². The van der Waals surface area contributed by atoms with E-state index in [1.807, 2.05) is 6.92 Å². The molecule has 0 saturated heterocycles. The minimum atomic E-state index is -0.958. The normalized spacial score (nSPS) is 28.6. The summed E-state index contributed by atoms with van der Waals surface area (Å²) in [5, 5.41) is 2.70. The molecule has 1 saturated carbocycles. The van der Waals surface area contributed by atoms with Gasteiger partial charge in [0.05, 0.1) is 0 Å². The Bertz CT molecular complexity index is 336. The van der Waals surface area contributed by atoms with Gasteiger partial charge in [-0.05, 0) is 39.5 Å². The molecule has 5 nitrogen and oxygen atoms in total. The van der Waals surface area contributed by atoms with E-state index in [1.165, 1.54) is 0 Å². The van der Waals surface area contributed by atoms with Crippen molar-refractivity contribution in [3.8, 4) is 0 Å². The highest BCUT2D eigenvalue weighted by Gasteiger charge is 2.45. The van der Waals surface area contributed by atoms with Crippen molar-refractivity contribution in [1.82, 2.24) is 5.32 Å². The topological polar surface area (TPSA) is 81.4 Å². The van der Waals surface area contributed by atoms with Crippen molar-refractivity contribution in [3.05, 3.63) is 0 Å². The largest absolute Gasteiger partial charge is 0.444 e. The van der Waals surface area contributed by atoms with E-state index in [9.17, 15) is 9.59 Å². The number of nitrogens with two attached hydrogens (primary N) is 1. The molecule has 0 radical (unpaired) electrons. The third kappa shape index (κ3) is 3.37. The second kappa shape index (κ2) is 5.16. The van der Waals surface area contributed by atoms with Gasteiger partial charge >= 0.3 is 6.09 Å². The maximum Gasteiger partial charge on any atom is 0.408 e. The van der Waals surface area contributed by atoms with Gasteiger partial charge in [0, 0.05) is 0 Å². The van der Waals surface area contributed by atoms with Crippen molar-refractivity contribution in [3.63, 3.8) is 0 Å². The number of amides is 2. The van der Waals surface area contributed by atoms with E-state index >= 15 is 0 Å². The Morgan fingerprint density at radius 3 is 2.39 bits per heavy atom. The van der Waals surface area contributed by atoms with E-state index < -0.39 is 23.1 Å². The van der Waals surface area contributed by atoms with Crippen molar-refractivity contribution in [2.24, 2.45) is 11.7 Å². The van der Waals surface area contributed by atoms with Crippen molar-refractivity contribution < 1.29 is 14.3 Å². The Labute approximate surface area is 108 Å². The molecule has 0 unspecified atom stereocenters. The number of primary amides is 1. The van der Waals surface area contributed by atoms with E-state index in [4.69, 9.17) is 10.5 Å². The zero-order valence-electron chi connectivity index (χ0n) is 11.7.